The van der Waals surface area contributed by atoms with Crippen LogP contribution in [0.4, 0.5) is 0 Å². The van der Waals surface area contributed by atoms with Crippen molar-refractivity contribution in [1.29, 1.82) is 0 Å². The van der Waals surface area contributed by atoms with Crippen LogP contribution in [0.3, 0.4) is 0 Å². The minimum Gasteiger partial charge on any atom is -0.456 e. The lowest BCUT2D eigenvalue weighted by Crippen LogP contribution is -2.25. The average molecular weight is 605 g/mol. The second-order valence-corrected chi connectivity index (χ2v) is 11.5. The zero-order valence-electron chi connectivity index (χ0n) is 28.1. The summed E-state index contributed by atoms with van der Waals surface area (Å²) in [6.07, 6.45) is 9.72. The molecular formula is C43H44N2O. The van der Waals surface area contributed by atoms with Gasteiger partial charge < -0.3 is 4.42 Å². The van der Waals surface area contributed by atoms with Gasteiger partial charge in [-0.15, -0.1) is 0 Å². The van der Waals surface area contributed by atoms with E-state index in [4.69, 9.17) is 14.4 Å². The van der Waals surface area contributed by atoms with E-state index in [1.54, 1.807) is 0 Å². The Morgan fingerprint density at radius 2 is 1.35 bits per heavy atom. The smallest absolute Gasteiger partial charge is 0.155 e. The Labute approximate surface area is 273 Å². The third-order valence-electron chi connectivity index (χ3n) is 8.12. The maximum absolute atomic E-state index is 6.32. The van der Waals surface area contributed by atoms with Gasteiger partial charge >= 0.3 is 0 Å². The summed E-state index contributed by atoms with van der Waals surface area (Å²) in [7, 11) is 0. The fraction of sp³-hybridized carbons (Fsp3) is 0.209. The molecule has 0 unspecified atom stereocenters. The molecule has 0 N–H and O–H groups in total. The molecule has 6 rings (SSSR count). The quantitative estimate of drug-likeness (QED) is 0.140. The van der Waals surface area contributed by atoms with Gasteiger partial charge in [0, 0.05) is 27.9 Å². The third kappa shape index (κ3) is 7.10. The van der Waals surface area contributed by atoms with E-state index in [0.29, 0.717) is 0 Å². The van der Waals surface area contributed by atoms with Crippen LogP contribution in [0.5, 0.6) is 0 Å². The molecule has 3 heteroatoms. The summed E-state index contributed by atoms with van der Waals surface area (Å²) < 4.78 is 6.32. The first-order chi connectivity index (χ1) is 22.4. The van der Waals surface area contributed by atoms with Crippen LogP contribution in [0.1, 0.15) is 66.0 Å². The Bertz CT molecular complexity index is 2050. The number of benzene rings is 4. The zero-order chi connectivity index (χ0) is 32.6. The molecule has 1 aliphatic carbocycles. The van der Waals surface area contributed by atoms with E-state index in [9.17, 15) is 0 Å². The molecule has 4 aromatic carbocycles. The normalized spacial score (nSPS) is 14.4. The Kier molecular flexibility index (Phi) is 10.4. The molecule has 46 heavy (non-hydrogen) atoms. The molecule has 0 spiro atoms. The van der Waals surface area contributed by atoms with Crippen LogP contribution < -0.4 is 10.6 Å². The molecule has 0 bridgehead atoms. The number of fused-ring (bicyclic) bond motifs is 1. The summed E-state index contributed by atoms with van der Waals surface area (Å²) in [5.41, 5.74) is 12.0. The van der Waals surface area contributed by atoms with Crippen molar-refractivity contribution in [3.63, 3.8) is 0 Å². The van der Waals surface area contributed by atoms with Crippen molar-refractivity contribution in [1.82, 2.24) is 0 Å². The molecule has 1 aliphatic rings. The van der Waals surface area contributed by atoms with Crippen LogP contribution in [0.25, 0.3) is 50.4 Å². The van der Waals surface area contributed by atoms with E-state index in [-0.39, 0.29) is 6.04 Å². The lowest BCUT2D eigenvalue weighted by Gasteiger charge is -2.08. The largest absolute Gasteiger partial charge is 0.456 e. The SMILES string of the molecule is C/C=c1/oc2ccc(-c3ccc(-c4ccc(C5=CCC=C5)cc4)cc3)cc2/c1=C(/C)C(C)=NC(=NC(C)C)c1ccccc1.CC. The molecular weight excluding hydrogens is 560 g/mol. The number of amidine groups is 1. The number of hydrogen-bond donors (Lipinski definition) is 0. The highest BCUT2D eigenvalue weighted by molar-refractivity contribution is 6.22. The zero-order valence-corrected chi connectivity index (χ0v) is 28.1. The van der Waals surface area contributed by atoms with Gasteiger partial charge in [0.25, 0.3) is 0 Å². The van der Waals surface area contributed by atoms with Gasteiger partial charge in [-0.3, -0.25) is 4.99 Å². The van der Waals surface area contributed by atoms with Crippen molar-refractivity contribution >= 4 is 39.7 Å². The van der Waals surface area contributed by atoms with Crippen molar-refractivity contribution in [3.05, 3.63) is 137 Å². The molecule has 0 amide bonds. The van der Waals surface area contributed by atoms with E-state index in [1.165, 1.54) is 27.8 Å². The molecule has 0 fully saturated rings. The fourth-order valence-corrected chi connectivity index (χ4v) is 5.69. The number of allylic oxidation sites excluding steroid dienone is 4. The lowest BCUT2D eigenvalue weighted by atomic mass is 9.97. The highest BCUT2D eigenvalue weighted by atomic mass is 16.3. The van der Waals surface area contributed by atoms with Crippen molar-refractivity contribution in [2.45, 2.75) is 60.9 Å². The number of furan rings is 1. The molecule has 232 valence electrons. The Morgan fingerprint density at radius 3 is 1.91 bits per heavy atom. The van der Waals surface area contributed by atoms with Gasteiger partial charge in [-0.1, -0.05) is 117 Å². The summed E-state index contributed by atoms with van der Waals surface area (Å²) in [6.45, 7) is 14.4. The number of rotatable bonds is 6. The topological polar surface area (TPSA) is 37.9 Å². The second-order valence-electron chi connectivity index (χ2n) is 11.5. The van der Waals surface area contributed by atoms with Crippen molar-refractivity contribution < 1.29 is 4.42 Å². The summed E-state index contributed by atoms with van der Waals surface area (Å²) in [5, 5.41) is 2.16. The number of nitrogens with zero attached hydrogens (tertiary/aromatic N) is 2. The summed E-state index contributed by atoms with van der Waals surface area (Å²) in [6, 6.07) is 34.4. The van der Waals surface area contributed by atoms with E-state index in [0.717, 1.165) is 56.3 Å². The average Bonchev–Trinajstić information content (AvgIpc) is 3.77. The van der Waals surface area contributed by atoms with Gasteiger partial charge in [-0.05, 0) is 98.2 Å². The minimum atomic E-state index is 0.136. The molecule has 0 atom stereocenters. The van der Waals surface area contributed by atoms with Gasteiger partial charge in [0.05, 0.1) is 0 Å². The monoisotopic (exact) mass is 604 g/mol. The highest BCUT2D eigenvalue weighted by Gasteiger charge is 2.12. The van der Waals surface area contributed by atoms with Gasteiger partial charge in [-0.2, -0.15) is 0 Å². The summed E-state index contributed by atoms with van der Waals surface area (Å²) in [5.74, 6) is 0.746. The molecule has 3 nitrogen and oxygen atoms in total. The summed E-state index contributed by atoms with van der Waals surface area (Å²) >= 11 is 0. The maximum atomic E-state index is 6.32. The fourth-order valence-electron chi connectivity index (χ4n) is 5.69. The van der Waals surface area contributed by atoms with Crippen molar-refractivity contribution in [2.24, 2.45) is 9.98 Å². The first kappa shape index (κ1) is 32.4. The Balaban J connectivity index is 0.00000204. The van der Waals surface area contributed by atoms with Crippen LogP contribution in [0.2, 0.25) is 0 Å². The van der Waals surface area contributed by atoms with Crippen molar-refractivity contribution in [2.75, 3.05) is 0 Å². The standard InChI is InChI=1S/C41H38N2O.C2H6/c1-6-38-40(28(4)29(5)43-41(42-27(2)3)35-14-8-7-9-15-35)37-26-36(24-25-39(37)44-38)34-22-20-33(21-23-34)32-18-16-31(17-19-32)30-12-10-11-13-30;1-2/h6-10,12-27H,11H2,1-5H3;1-2H3/b38-6+,40-28+,42-41?,43-29?;. The second kappa shape index (κ2) is 14.8. The van der Waals surface area contributed by atoms with Crippen LogP contribution in [0.15, 0.2) is 130 Å². The van der Waals surface area contributed by atoms with Crippen LogP contribution in [0, 0.1) is 0 Å². The highest BCUT2D eigenvalue weighted by Crippen LogP contribution is 2.29. The third-order valence-corrected chi connectivity index (χ3v) is 8.12. The predicted octanol–water partition coefficient (Wildman–Crippen LogP) is 10.4. The van der Waals surface area contributed by atoms with Gasteiger partial charge in [0.1, 0.15) is 11.0 Å². The van der Waals surface area contributed by atoms with Crippen LogP contribution >= 0.6 is 0 Å². The molecule has 0 aliphatic heterocycles. The molecule has 5 aromatic rings. The molecule has 1 aromatic heterocycles. The Morgan fingerprint density at radius 1 is 0.761 bits per heavy atom. The first-order valence-electron chi connectivity index (χ1n) is 16.4. The molecule has 0 saturated heterocycles. The first-order valence-corrected chi connectivity index (χ1v) is 16.4. The molecule has 1 heterocycles. The van der Waals surface area contributed by atoms with Crippen molar-refractivity contribution in [3.8, 4) is 22.3 Å². The number of aliphatic imine (C=N–C) groups is 2. The minimum absolute atomic E-state index is 0.136. The van der Waals surface area contributed by atoms with E-state index >= 15 is 0 Å². The van der Waals surface area contributed by atoms with Crippen LogP contribution in [-0.4, -0.2) is 17.6 Å². The predicted molar refractivity (Wildman–Crippen MR) is 200 cm³/mol. The van der Waals surface area contributed by atoms with E-state index < -0.39 is 0 Å². The van der Waals surface area contributed by atoms with E-state index in [1.807, 2.05) is 45.0 Å². The van der Waals surface area contributed by atoms with Gasteiger partial charge in [0.2, 0.25) is 0 Å². The molecule has 0 saturated carbocycles. The number of hydrogen-bond acceptors (Lipinski definition) is 2. The van der Waals surface area contributed by atoms with Crippen LogP contribution in [-0.2, 0) is 0 Å². The molecule has 0 radical (unpaired) electrons. The van der Waals surface area contributed by atoms with Gasteiger partial charge in [0.15, 0.2) is 5.84 Å². The summed E-state index contributed by atoms with van der Waals surface area (Å²) in [4.78, 5) is 9.88. The lowest BCUT2D eigenvalue weighted by molar-refractivity contribution is 0.574. The van der Waals surface area contributed by atoms with Gasteiger partial charge in [-0.25, -0.2) is 4.99 Å². The maximum Gasteiger partial charge on any atom is 0.155 e. The Hall–Kier alpha value is -5.02. The van der Waals surface area contributed by atoms with E-state index in [2.05, 4.69) is 125 Å².